The number of nitro groups is 1. The van der Waals surface area contributed by atoms with Crippen molar-refractivity contribution in [1.29, 1.82) is 0 Å². The first-order valence-electron chi connectivity index (χ1n) is 3.68. The fraction of sp³-hybridized carbons (Fsp3) is 0.286. The van der Waals surface area contributed by atoms with Crippen molar-refractivity contribution in [3.8, 4) is 0 Å². The molecule has 0 amide bonds. The van der Waals surface area contributed by atoms with E-state index in [1.165, 1.54) is 0 Å². The smallest absolute Gasteiger partial charge is 0.388 e. The van der Waals surface area contributed by atoms with Gasteiger partial charge in [-0.2, -0.15) is 13.2 Å². The number of nitrogens with zero attached hydrogens (tertiary/aromatic N) is 2. The van der Waals surface area contributed by atoms with Gasteiger partial charge in [0.05, 0.1) is 0 Å². The van der Waals surface area contributed by atoms with Crippen LogP contribution < -0.4 is 0 Å². The molecule has 8 heteroatoms. The first-order chi connectivity index (χ1) is 6.86. The third-order valence-corrected chi connectivity index (χ3v) is 1.60. The molecule has 1 heterocycles. The lowest BCUT2D eigenvalue weighted by Crippen LogP contribution is -2.11. The third-order valence-electron chi connectivity index (χ3n) is 1.60. The molecule has 1 aromatic heterocycles. The molecule has 0 saturated carbocycles. The molecule has 82 valence electrons. The van der Waals surface area contributed by atoms with Crippen LogP contribution in [-0.4, -0.2) is 15.0 Å². The molecular formula is C7H5F3N2O3. The van der Waals surface area contributed by atoms with E-state index in [9.17, 15) is 23.3 Å². The predicted molar refractivity (Wildman–Crippen MR) is 41.8 cm³/mol. The van der Waals surface area contributed by atoms with Crippen LogP contribution in [0.2, 0.25) is 0 Å². The molecule has 0 saturated heterocycles. The summed E-state index contributed by atoms with van der Waals surface area (Å²) < 4.78 is 36.7. The number of hydrogen-bond acceptors (Lipinski definition) is 4. The van der Waals surface area contributed by atoms with Crippen molar-refractivity contribution in [2.24, 2.45) is 0 Å². The van der Waals surface area contributed by atoms with Crippen LogP contribution in [0.3, 0.4) is 0 Å². The van der Waals surface area contributed by atoms with Crippen molar-refractivity contribution in [3.05, 3.63) is 33.5 Å². The molecule has 1 N–H and O–H groups in total. The summed E-state index contributed by atoms with van der Waals surface area (Å²) in [5, 5.41) is 18.8. The number of pyridine rings is 1. The molecule has 0 fully saturated rings. The van der Waals surface area contributed by atoms with Crippen LogP contribution in [0, 0.1) is 10.1 Å². The molecule has 0 aliphatic rings. The van der Waals surface area contributed by atoms with E-state index in [0.29, 0.717) is 12.1 Å². The van der Waals surface area contributed by atoms with Crippen molar-refractivity contribution in [2.75, 3.05) is 0 Å². The van der Waals surface area contributed by atoms with Crippen LogP contribution in [0.15, 0.2) is 12.1 Å². The second kappa shape index (κ2) is 3.81. The standard InChI is InChI=1S/C7H5F3N2O3/c8-7(9,10)4-1-2-6(12(14)15)11-5(4)3-13/h1-2,13H,3H2. The Balaban J connectivity index is 3.27. The Hall–Kier alpha value is -1.70. The van der Waals surface area contributed by atoms with E-state index in [1.54, 1.807) is 0 Å². The Kier molecular flexibility index (Phi) is 2.89. The topological polar surface area (TPSA) is 76.3 Å². The molecule has 15 heavy (non-hydrogen) atoms. The minimum absolute atomic E-state index is 0.524. The summed E-state index contributed by atoms with van der Waals surface area (Å²) >= 11 is 0. The van der Waals surface area contributed by atoms with Gasteiger partial charge in [-0.05, 0) is 16.0 Å². The maximum Gasteiger partial charge on any atom is 0.420 e. The highest BCUT2D eigenvalue weighted by Gasteiger charge is 2.36. The Morgan fingerprint density at radius 3 is 2.47 bits per heavy atom. The molecule has 0 aliphatic heterocycles. The molecule has 0 bridgehead atoms. The SMILES string of the molecule is O=[N+]([O-])c1ccc(C(F)(F)F)c(CO)n1. The number of aliphatic hydroxyl groups excluding tert-OH is 1. The van der Waals surface area contributed by atoms with Crippen LogP contribution in [0.5, 0.6) is 0 Å². The normalized spacial score (nSPS) is 11.5. The van der Waals surface area contributed by atoms with Crippen LogP contribution in [0.25, 0.3) is 0 Å². The lowest BCUT2D eigenvalue weighted by atomic mass is 10.2. The Morgan fingerprint density at radius 1 is 1.47 bits per heavy atom. The number of aliphatic hydroxyl groups is 1. The predicted octanol–water partition coefficient (Wildman–Crippen LogP) is 1.50. The van der Waals surface area contributed by atoms with Crippen LogP contribution in [0.1, 0.15) is 11.3 Å². The Bertz CT molecular complexity index is 392. The first-order valence-corrected chi connectivity index (χ1v) is 3.68. The summed E-state index contributed by atoms with van der Waals surface area (Å²) in [4.78, 5) is 12.4. The lowest BCUT2D eigenvalue weighted by Gasteiger charge is -2.06. The summed E-state index contributed by atoms with van der Waals surface area (Å²) in [5.41, 5.74) is -1.92. The number of hydrogen-bond donors (Lipinski definition) is 1. The Labute approximate surface area is 81.3 Å². The van der Waals surface area contributed by atoms with E-state index < -0.39 is 34.8 Å². The molecule has 0 unspecified atom stereocenters. The van der Waals surface area contributed by atoms with Crippen molar-refractivity contribution < 1.29 is 23.2 Å². The van der Waals surface area contributed by atoms with Gasteiger partial charge in [0, 0.05) is 6.07 Å². The van der Waals surface area contributed by atoms with Crippen molar-refractivity contribution in [3.63, 3.8) is 0 Å². The van der Waals surface area contributed by atoms with E-state index >= 15 is 0 Å². The van der Waals surface area contributed by atoms with Crippen LogP contribution in [-0.2, 0) is 12.8 Å². The summed E-state index contributed by atoms with van der Waals surface area (Å²) in [6.45, 7) is -1.00. The quantitative estimate of drug-likeness (QED) is 0.607. The molecule has 0 aliphatic carbocycles. The maximum atomic E-state index is 12.2. The minimum atomic E-state index is -4.68. The van der Waals surface area contributed by atoms with E-state index in [4.69, 9.17) is 5.11 Å². The average Bonchev–Trinajstić information content (AvgIpc) is 2.15. The van der Waals surface area contributed by atoms with Gasteiger partial charge in [0.1, 0.15) is 12.2 Å². The number of halogens is 3. The average molecular weight is 222 g/mol. The highest BCUT2D eigenvalue weighted by molar-refractivity contribution is 5.31. The number of aromatic nitrogens is 1. The zero-order chi connectivity index (χ0) is 11.6. The van der Waals surface area contributed by atoms with Crippen LogP contribution >= 0.6 is 0 Å². The van der Waals surface area contributed by atoms with Gasteiger partial charge in [0.2, 0.25) is 0 Å². The van der Waals surface area contributed by atoms with Gasteiger partial charge in [-0.1, -0.05) is 0 Å². The molecule has 0 spiro atoms. The van der Waals surface area contributed by atoms with E-state index in [2.05, 4.69) is 4.98 Å². The van der Waals surface area contributed by atoms with Gasteiger partial charge in [0.25, 0.3) is 0 Å². The molecule has 0 radical (unpaired) electrons. The lowest BCUT2D eigenvalue weighted by molar-refractivity contribution is -0.389. The molecule has 5 nitrogen and oxygen atoms in total. The van der Waals surface area contributed by atoms with E-state index in [1.807, 2.05) is 0 Å². The molecule has 0 aromatic carbocycles. The summed E-state index contributed by atoms with van der Waals surface area (Å²) in [6, 6.07) is 1.17. The van der Waals surface area contributed by atoms with Crippen LogP contribution in [0.4, 0.5) is 19.0 Å². The van der Waals surface area contributed by atoms with Crippen molar-refractivity contribution in [1.82, 2.24) is 4.98 Å². The summed E-state index contributed by atoms with van der Waals surface area (Å²) in [6.07, 6.45) is -4.68. The molecular weight excluding hydrogens is 217 g/mol. The van der Waals surface area contributed by atoms with E-state index in [0.717, 1.165) is 0 Å². The van der Waals surface area contributed by atoms with Gasteiger partial charge in [-0.3, -0.25) is 0 Å². The largest absolute Gasteiger partial charge is 0.420 e. The number of alkyl halides is 3. The molecule has 1 aromatic rings. The van der Waals surface area contributed by atoms with Gasteiger partial charge in [0.15, 0.2) is 5.69 Å². The second-order valence-corrected chi connectivity index (χ2v) is 2.58. The monoisotopic (exact) mass is 222 g/mol. The van der Waals surface area contributed by atoms with Gasteiger partial charge < -0.3 is 15.2 Å². The third kappa shape index (κ3) is 2.40. The highest BCUT2D eigenvalue weighted by Crippen LogP contribution is 2.32. The Morgan fingerprint density at radius 2 is 2.07 bits per heavy atom. The zero-order valence-electron chi connectivity index (χ0n) is 7.15. The van der Waals surface area contributed by atoms with Gasteiger partial charge in [-0.15, -0.1) is 0 Å². The molecule has 0 atom stereocenters. The van der Waals surface area contributed by atoms with Crippen molar-refractivity contribution in [2.45, 2.75) is 12.8 Å². The van der Waals surface area contributed by atoms with Gasteiger partial charge >= 0.3 is 12.0 Å². The first kappa shape index (κ1) is 11.4. The second-order valence-electron chi connectivity index (χ2n) is 2.58. The summed E-state index contributed by atoms with van der Waals surface area (Å²) in [7, 11) is 0. The van der Waals surface area contributed by atoms with E-state index in [-0.39, 0.29) is 0 Å². The fourth-order valence-corrected chi connectivity index (χ4v) is 0.970. The summed E-state index contributed by atoms with van der Waals surface area (Å²) in [5.74, 6) is -0.730. The van der Waals surface area contributed by atoms with Gasteiger partial charge in [-0.25, -0.2) is 0 Å². The zero-order valence-corrected chi connectivity index (χ0v) is 7.15. The number of rotatable bonds is 2. The maximum absolute atomic E-state index is 12.2. The van der Waals surface area contributed by atoms with Crippen molar-refractivity contribution >= 4 is 5.82 Å². The highest BCUT2D eigenvalue weighted by atomic mass is 19.4. The fourth-order valence-electron chi connectivity index (χ4n) is 0.970. The molecule has 1 rings (SSSR count). The minimum Gasteiger partial charge on any atom is -0.388 e.